The van der Waals surface area contributed by atoms with Gasteiger partial charge in [-0.2, -0.15) is 0 Å². The number of carbonyl (C=O) groups excluding carboxylic acids is 1. The van der Waals surface area contributed by atoms with Gasteiger partial charge >= 0.3 is 0 Å². The van der Waals surface area contributed by atoms with Crippen molar-refractivity contribution in [3.8, 4) is 0 Å². The molecule has 1 amide bonds. The zero-order valence-electron chi connectivity index (χ0n) is 9.79. The molecule has 0 saturated carbocycles. The normalized spacial score (nSPS) is 10.3. The third-order valence-electron chi connectivity index (χ3n) is 2.53. The van der Waals surface area contributed by atoms with E-state index < -0.39 is 17.5 Å². The summed E-state index contributed by atoms with van der Waals surface area (Å²) in [7, 11) is 0. The van der Waals surface area contributed by atoms with E-state index in [1.165, 1.54) is 24.3 Å². The Balaban J connectivity index is 2.06. The number of rotatable bonds is 3. The molecule has 0 aliphatic rings. The van der Waals surface area contributed by atoms with Gasteiger partial charge in [-0.1, -0.05) is 22.0 Å². The lowest BCUT2D eigenvalue weighted by Crippen LogP contribution is -2.23. The van der Waals surface area contributed by atoms with Crippen LogP contribution in [-0.2, 0) is 6.54 Å². The van der Waals surface area contributed by atoms with Crippen LogP contribution in [0, 0.1) is 11.6 Å². The number of amides is 1. The van der Waals surface area contributed by atoms with E-state index in [0.717, 1.165) is 10.5 Å². The predicted octanol–water partition coefficient (Wildman–Crippen LogP) is 3.66. The van der Waals surface area contributed by atoms with E-state index in [9.17, 15) is 13.6 Å². The Morgan fingerprint density at radius 3 is 2.68 bits per heavy atom. The van der Waals surface area contributed by atoms with Gasteiger partial charge in [0.1, 0.15) is 11.6 Å². The molecule has 0 heterocycles. The maximum atomic E-state index is 13.5. The second kappa shape index (κ2) is 5.93. The van der Waals surface area contributed by atoms with E-state index >= 15 is 0 Å². The Kier molecular flexibility index (Phi) is 4.27. The summed E-state index contributed by atoms with van der Waals surface area (Å²) in [5.41, 5.74) is 0.564. The highest BCUT2D eigenvalue weighted by Crippen LogP contribution is 2.15. The standard InChI is InChI=1S/C14H10BrF2NO/c15-11-4-5-13(17)10(6-11)8-18-14(19)9-2-1-3-12(16)7-9/h1-7H,8H2,(H,18,19). The summed E-state index contributed by atoms with van der Waals surface area (Å²) in [4.78, 5) is 11.8. The highest BCUT2D eigenvalue weighted by atomic mass is 79.9. The molecule has 0 saturated heterocycles. The number of benzene rings is 2. The molecule has 0 spiro atoms. The minimum absolute atomic E-state index is 0.0423. The average Bonchev–Trinajstić information content (AvgIpc) is 2.39. The molecule has 1 N–H and O–H groups in total. The summed E-state index contributed by atoms with van der Waals surface area (Å²) >= 11 is 3.23. The van der Waals surface area contributed by atoms with Crippen LogP contribution in [0.15, 0.2) is 46.9 Å². The molecule has 0 radical (unpaired) electrons. The maximum absolute atomic E-state index is 13.5. The third-order valence-corrected chi connectivity index (χ3v) is 3.03. The highest BCUT2D eigenvalue weighted by molar-refractivity contribution is 9.10. The van der Waals surface area contributed by atoms with E-state index in [4.69, 9.17) is 0 Å². The van der Waals surface area contributed by atoms with Gasteiger partial charge in [-0.25, -0.2) is 8.78 Å². The average molecular weight is 326 g/mol. The van der Waals surface area contributed by atoms with E-state index in [0.29, 0.717) is 5.56 Å². The van der Waals surface area contributed by atoms with Crippen LogP contribution in [0.1, 0.15) is 15.9 Å². The topological polar surface area (TPSA) is 29.1 Å². The lowest BCUT2D eigenvalue weighted by Gasteiger charge is -2.07. The van der Waals surface area contributed by atoms with E-state index in [-0.39, 0.29) is 12.1 Å². The van der Waals surface area contributed by atoms with Gasteiger partial charge in [0.05, 0.1) is 0 Å². The van der Waals surface area contributed by atoms with Crippen molar-refractivity contribution in [2.24, 2.45) is 0 Å². The first-order valence-electron chi connectivity index (χ1n) is 5.54. The number of hydrogen-bond donors (Lipinski definition) is 1. The van der Waals surface area contributed by atoms with Gasteiger partial charge in [0.2, 0.25) is 0 Å². The monoisotopic (exact) mass is 325 g/mol. The molecule has 0 unspecified atom stereocenters. The molecule has 2 aromatic rings. The van der Waals surface area contributed by atoms with Gasteiger partial charge in [-0.3, -0.25) is 4.79 Å². The number of carbonyl (C=O) groups is 1. The van der Waals surface area contributed by atoms with Gasteiger partial charge in [0.25, 0.3) is 5.91 Å². The second-order valence-electron chi connectivity index (χ2n) is 3.93. The van der Waals surface area contributed by atoms with Gasteiger partial charge in [0.15, 0.2) is 0 Å². The van der Waals surface area contributed by atoms with Crippen molar-refractivity contribution in [3.05, 3.63) is 69.7 Å². The van der Waals surface area contributed by atoms with Crippen LogP contribution in [0.25, 0.3) is 0 Å². The first kappa shape index (κ1) is 13.7. The Hall–Kier alpha value is -1.75. The quantitative estimate of drug-likeness (QED) is 0.916. The first-order chi connectivity index (χ1) is 9.06. The Bertz CT molecular complexity index is 616. The van der Waals surface area contributed by atoms with Crippen LogP contribution in [0.2, 0.25) is 0 Å². The van der Waals surface area contributed by atoms with Gasteiger partial charge < -0.3 is 5.32 Å². The molecule has 2 rings (SSSR count). The molecule has 0 aromatic heterocycles. The van der Waals surface area contributed by atoms with Crippen molar-refractivity contribution in [3.63, 3.8) is 0 Å². The van der Waals surface area contributed by atoms with Gasteiger partial charge in [-0.05, 0) is 36.4 Å². The molecule has 2 aromatic carbocycles. The molecule has 19 heavy (non-hydrogen) atoms. The predicted molar refractivity (Wildman–Crippen MR) is 71.7 cm³/mol. The summed E-state index contributed by atoms with van der Waals surface area (Å²) in [5, 5.41) is 2.54. The molecule has 98 valence electrons. The molecule has 0 bridgehead atoms. The zero-order chi connectivity index (χ0) is 13.8. The van der Waals surface area contributed by atoms with Crippen LogP contribution in [0.3, 0.4) is 0 Å². The fourth-order valence-electron chi connectivity index (χ4n) is 1.59. The van der Waals surface area contributed by atoms with Gasteiger partial charge in [0, 0.05) is 22.1 Å². The van der Waals surface area contributed by atoms with E-state index in [1.54, 1.807) is 12.1 Å². The maximum Gasteiger partial charge on any atom is 0.251 e. The number of halogens is 3. The number of hydrogen-bond acceptors (Lipinski definition) is 1. The fraction of sp³-hybridized carbons (Fsp3) is 0.0714. The van der Waals surface area contributed by atoms with Crippen molar-refractivity contribution in [1.29, 1.82) is 0 Å². The molecule has 2 nitrogen and oxygen atoms in total. The van der Waals surface area contributed by atoms with E-state index in [1.807, 2.05) is 0 Å². The van der Waals surface area contributed by atoms with Crippen LogP contribution in [0.4, 0.5) is 8.78 Å². The highest BCUT2D eigenvalue weighted by Gasteiger charge is 2.08. The van der Waals surface area contributed by atoms with Crippen molar-refractivity contribution in [1.82, 2.24) is 5.32 Å². The Morgan fingerprint density at radius 1 is 1.16 bits per heavy atom. The summed E-state index contributed by atoms with van der Waals surface area (Å²) in [5.74, 6) is -1.33. The van der Waals surface area contributed by atoms with Crippen LogP contribution in [0.5, 0.6) is 0 Å². The lowest BCUT2D eigenvalue weighted by atomic mass is 10.2. The lowest BCUT2D eigenvalue weighted by molar-refractivity contribution is 0.0950. The zero-order valence-corrected chi connectivity index (χ0v) is 11.4. The number of nitrogens with one attached hydrogen (secondary N) is 1. The largest absolute Gasteiger partial charge is 0.348 e. The summed E-state index contributed by atoms with van der Waals surface area (Å²) in [6.45, 7) is 0.0423. The molecular formula is C14H10BrF2NO. The van der Waals surface area contributed by atoms with Crippen molar-refractivity contribution >= 4 is 21.8 Å². The summed E-state index contributed by atoms with van der Waals surface area (Å²) in [6, 6.07) is 9.80. The van der Waals surface area contributed by atoms with Crippen LogP contribution in [-0.4, -0.2) is 5.91 Å². The molecular weight excluding hydrogens is 316 g/mol. The Labute approximate surface area is 117 Å². The second-order valence-corrected chi connectivity index (χ2v) is 4.84. The summed E-state index contributed by atoms with van der Waals surface area (Å²) in [6.07, 6.45) is 0. The van der Waals surface area contributed by atoms with Gasteiger partial charge in [-0.15, -0.1) is 0 Å². The van der Waals surface area contributed by atoms with E-state index in [2.05, 4.69) is 21.2 Å². The van der Waals surface area contributed by atoms with Crippen molar-refractivity contribution in [2.75, 3.05) is 0 Å². The third kappa shape index (κ3) is 3.61. The molecule has 5 heteroatoms. The van der Waals surface area contributed by atoms with Crippen LogP contribution >= 0.6 is 15.9 Å². The Morgan fingerprint density at radius 2 is 1.95 bits per heavy atom. The summed E-state index contributed by atoms with van der Waals surface area (Å²) < 4.78 is 27.1. The van der Waals surface area contributed by atoms with Crippen molar-refractivity contribution < 1.29 is 13.6 Å². The SMILES string of the molecule is O=C(NCc1cc(Br)ccc1F)c1cccc(F)c1. The molecule has 0 atom stereocenters. The minimum atomic E-state index is -0.485. The molecule has 0 fully saturated rings. The fourth-order valence-corrected chi connectivity index (χ4v) is 1.99. The molecule has 0 aliphatic heterocycles. The smallest absolute Gasteiger partial charge is 0.251 e. The van der Waals surface area contributed by atoms with Crippen molar-refractivity contribution in [2.45, 2.75) is 6.54 Å². The van der Waals surface area contributed by atoms with Crippen LogP contribution < -0.4 is 5.32 Å². The molecule has 0 aliphatic carbocycles. The minimum Gasteiger partial charge on any atom is -0.348 e. The first-order valence-corrected chi connectivity index (χ1v) is 6.33.